The summed E-state index contributed by atoms with van der Waals surface area (Å²) in [5.41, 5.74) is 1.56. The molecule has 2 aromatic carbocycles. The van der Waals surface area contributed by atoms with Gasteiger partial charge in [-0.25, -0.2) is 4.98 Å². The standard InChI is InChI=1S/C29H30ClN7O6/c1-40-26-18-27(42-15-12-36-10-13-41-14-11-36)24(37(38)39)17-23(26)34-29-32-9-7-28(35-29)33-20-5-6-25(22(30)16-20)43-19-21-4-2-3-8-31-21/h2-9,16-18H,10-15,19H2,1H3,(H2,32,33,34,35). The van der Waals surface area contributed by atoms with Crippen LogP contribution in [0.15, 0.2) is 67.0 Å². The summed E-state index contributed by atoms with van der Waals surface area (Å²) in [7, 11) is 1.47. The fourth-order valence-electron chi connectivity index (χ4n) is 4.27. The molecule has 14 heteroatoms. The lowest BCUT2D eigenvalue weighted by atomic mass is 10.2. The first-order valence-electron chi connectivity index (χ1n) is 13.5. The van der Waals surface area contributed by atoms with Crippen LogP contribution in [0.2, 0.25) is 5.02 Å². The molecule has 1 aliphatic rings. The van der Waals surface area contributed by atoms with E-state index in [9.17, 15) is 10.1 Å². The van der Waals surface area contributed by atoms with Crippen LogP contribution in [0.4, 0.5) is 28.8 Å². The monoisotopic (exact) mass is 607 g/mol. The van der Waals surface area contributed by atoms with Crippen molar-refractivity contribution in [2.75, 3.05) is 57.2 Å². The van der Waals surface area contributed by atoms with E-state index < -0.39 is 4.92 Å². The number of ether oxygens (including phenoxy) is 4. The maximum Gasteiger partial charge on any atom is 0.313 e. The molecule has 2 aromatic heterocycles. The van der Waals surface area contributed by atoms with Crippen molar-refractivity contribution in [1.29, 1.82) is 0 Å². The summed E-state index contributed by atoms with van der Waals surface area (Å²) in [6.45, 7) is 4.12. The molecule has 1 aliphatic heterocycles. The Bertz CT molecular complexity index is 1540. The number of morpholine rings is 1. The number of nitro benzene ring substituents is 1. The van der Waals surface area contributed by atoms with Gasteiger partial charge in [-0.15, -0.1) is 0 Å². The number of anilines is 4. The predicted molar refractivity (Wildman–Crippen MR) is 161 cm³/mol. The Kier molecular flexibility index (Phi) is 10.00. The van der Waals surface area contributed by atoms with E-state index >= 15 is 0 Å². The van der Waals surface area contributed by atoms with Gasteiger partial charge in [-0.2, -0.15) is 4.98 Å². The quantitative estimate of drug-likeness (QED) is 0.152. The van der Waals surface area contributed by atoms with E-state index in [1.807, 2.05) is 18.2 Å². The maximum absolute atomic E-state index is 11.9. The van der Waals surface area contributed by atoms with Gasteiger partial charge >= 0.3 is 5.69 Å². The number of rotatable bonds is 13. The van der Waals surface area contributed by atoms with E-state index in [-0.39, 0.29) is 30.6 Å². The number of aromatic nitrogens is 3. The van der Waals surface area contributed by atoms with Gasteiger partial charge in [0.15, 0.2) is 0 Å². The second-order valence-corrected chi connectivity index (χ2v) is 9.76. The number of pyridine rings is 1. The number of nitrogens with one attached hydrogen (secondary N) is 2. The van der Waals surface area contributed by atoms with Crippen LogP contribution < -0.4 is 24.8 Å². The van der Waals surface area contributed by atoms with Gasteiger partial charge in [0.1, 0.15) is 30.5 Å². The number of hydrogen-bond donors (Lipinski definition) is 2. The number of benzene rings is 2. The Morgan fingerprint density at radius 3 is 2.60 bits per heavy atom. The number of methoxy groups -OCH3 is 1. The van der Waals surface area contributed by atoms with E-state index in [1.165, 1.54) is 19.2 Å². The molecule has 0 radical (unpaired) electrons. The highest BCUT2D eigenvalue weighted by Crippen LogP contribution is 2.39. The zero-order valence-electron chi connectivity index (χ0n) is 23.4. The number of halogens is 1. The molecule has 1 saturated heterocycles. The normalized spacial score (nSPS) is 13.3. The molecular weight excluding hydrogens is 578 g/mol. The van der Waals surface area contributed by atoms with Crippen LogP contribution in [-0.2, 0) is 11.3 Å². The Balaban J connectivity index is 1.25. The molecule has 5 rings (SSSR count). The molecule has 1 fully saturated rings. The van der Waals surface area contributed by atoms with Gasteiger partial charge in [-0.05, 0) is 36.4 Å². The molecule has 224 valence electrons. The van der Waals surface area contributed by atoms with Gasteiger partial charge in [-0.1, -0.05) is 17.7 Å². The zero-order valence-corrected chi connectivity index (χ0v) is 24.1. The average molecular weight is 608 g/mol. The fraction of sp³-hybridized carbons (Fsp3) is 0.276. The van der Waals surface area contributed by atoms with Crippen LogP contribution in [0.25, 0.3) is 0 Å². The lowest BCUT2D eigenvalue weighted by molar-refractivity contribution is -0.385. The van der Waals surface area contributed by atoms with Crippen LogP contribution in [0, 0.1) is 10.1 Å². The van der Waals surface area contributed by atoms with Crippen molar-refractivity contribution >= 4 is 40.4 Å². The summed E-state index contributed by atoms with van der Waals surface area (Å²) in [5.74, 6) is 1.63. The Hall–Kier alpha value is -4.72. The summed E-state index contributed by atoms with van der Waals surface area (Å²) < 4.78 is 22.4. The SMILES string of the molecule is COc1cc(OCCN2CCOCC2)c([N+](=O)[O-])cc1Nc1nccc(Nc2ccc(OCc3ccccn3)c(Cl)c2)n1. The minimum atomic E-state index is -0.499. The molecule has 0 aliphatic carbocycles. The molecule has 0 spiro atoms. The summed E-state index contributed by atoms with van der Waals surface area (Å²) in [4.78, 5) is 26.5. The number of nitrogens with zero attached hydrogens (tertiary/aromatic N) is 5. The van der Waals surface area contributed by atoms with Gasteiger partial charge in [0.2, 0.25) is 11.7 Å². The second kappa shape index (κ2) is 14.4. The van der Waals surface area contributed by atoms with Crippen molar-refractivity contribution in [1.82, 2.24) is 19.9 Å². The van der Waals surface area contributed by atoms with Gasteiger partial charge in [0.05, 0.1) is 41.7 Å². The highest BCUT2D eigenvalue weighted by molar-refractivity contribution is 6.32. The zero-order chi connectivity index (χ0) is 30.0. The fourth-order valence-corrected chi connectivity index (χ4v) is 4.51. The van der Waals surface area contributed by atoms with Crippen molar-refractivity contribution < 1.29 is 23.9 Å². The molecule has 2 N–H and O–H groups in total. The summed E-state index contributed by atoms with van der Waals surface area (Å²) in [6, 6.07) is 15.4. The molecule has 3 heterocycles. The average Bonchev–Trinajstić information content (AvgIpc) is 3.02. The maximum atomic E-state index is 11.9. The third-order valence-corrected chi connectivity index (χ3v) is 6.75. The molecule has 43 heavy (non-hydrogen) atoms. The molecule has 0 amide bonds. The van der Waals surface area contributed by atoms with Crippen LogP contribution in [0.1, 0.15) is 5.69 Å². The van der Waals surface area contributed by atoms with E-state index in [0.29, 0.717) is 53.5 Å². The number of nitro groups is 1. The first-order chi connectivity index (χ1) is 21.0. The van der Waals surface area contributed by atoms with E-state index in [2.05, 4.69) is 30.5 Å². The molecule has 13 nitrogen and oxygen atoms in total. The Labute approximate surface area is 252 Å². The van der Waals surface area contributed by atoms with Crippen LogP contribution >= 0.6 is 11.6 Å². The summed E-state index contributed by atoms with van der Waals surface area (Å²) in [5, 5.41) is 18.5. The third-order valence-electron chi connectivity index (χ3n) is 6.45. The molecular formula is C29H30ClN7O6. The van der Waals surface area contributed by atoms with Gasteiger partial charge in [0.25, 0.3) is 0 Å². The lowest BCUT2D eigenvalue weighted by Crippen LogP contribution is -2.38. The first-order valence-corrected chi connectivity index (χ1v) is 13.8. The molecule has 0 bridgehead atoms. The molecule has 0 saturated carbocycles. The van der Waals surface area contributed by atoms with Crippen molar-refractivity contribution in [2.45, 2.75) is 6.61 Å². The highest BCUT2D eigenvalue weighted by atomic mass is 35.5. The number of hydrogen-bond acceptors (Lipinski definition) is 12. The van der Waals surface area contributed by atoms with Crippen molar-refractivity contribution in [3.05, 3.63) is 87.8 Å². The Morgan fingerprint density at radius 1 is 1.00 bits per heavy atom. The first kappa shape index (κ1) is 29.8. The summed E-state index contributed by atoms with van der Waals surface area (Å²) >= 11 is 6.44. The minimum Gasteiger partial charge on any atom is -0.494 e. The summed E-state index contributed by atoms with van der Waals surface area (Å²) in [6.07, 6.45) is 3.25. The van der Waals surface area contributed by atoms with Crippen molar-refractivity contribution in [3.8, 4) is 17.2 Å². The Morgan fingerprint density at radius 2 is 1.86 bits per heavy atom. The van der Waals surface area contributed by atoms with E-state index in [1.54, 1.807) is 36.7 Å². The molecule has 4 aromatic rings. The predicted octanol–water partition coefficient (Wildman–Crippen LogP) is 5.22. The highest BCUT2D eigenvalue weighted by Gasteiger charge is 2.22. The smallest absolute Gasteiger partial charge is 0.313 e. The van der Waals surface area contributed by atoms with Crippen LogP contribution in [0.5, 0.6) is 17.2 Å². The molecule has 0 unspecified atom stereocenters. The van der Waals surface area contributed by atoms with Crippen LogP contribution in [0.3, 0.4) is 0 Å². The van der Waals surface area contributed by atoms with Crippen molar-refractivity contribution in [2.24, 2.45) is 0 Å². The third kappa shape index (κ3) is 8.19. The lowest BCUT2D eigenvalue weighted by Gasteiger charge is -2.26. The topological polar surface area (TPSA) is 146 Å². The van der Waals surface area contributed by atoms with Gasteiger partial charge in [-0.3, -0.25) is 20.0 Å². The van der Waals surface area contributed by atoms with E-state index in [4.69, 9.17) is 30.5 Å². The van der Waals surface area contributed by atoms with Gasteiger partial charge < -0.3 is 29.6 Å². The molecule has 0 atom stereocenters. The van der Waals surface area contributed by atoms with Crippen molar-refractivity contribution in [3.63, 3.8) is 0 Å². The minimum absolute atomic E-state index is 0.112. The van der Waals surface area contributed by atoms with E-state index in [0.717, 1.165) is 18.8 Å². The van der Waals surface area contributed by atoms with Crippen LogP contribution in [-0.4, -0.2) is 71.3 Å². The second-order valence-electron chi connectivity index (χ2n) is 9.35. The van der Waals surface area contributed by atoms with Gasteiger partial charge in [0, 0.05) is 49.8 Å². The largest absolute Gasteiger partial charge is 0.494 e.